The van der Waals surface area contributed by atoms with Crippen LogP contribution in [0.3, 0.4) is 0 Å². The van der Waals surface area contributed by atoms with Crippen molar-refractivity contribution in [3.8, 4) is 0 Å². The average molecular weight is 343 g/mol. The van der Waals surface area contributed by atoms with Gasteiger partial charge in [0.1, 0.15) is 0 Å². The van der Waals surface area contributed by atoms with E-state index >= 15 is 0 Å². The Morgan fingerprint density at radius 1 is 1.24 bits per heavy atom. The lowest BCUT2D eigenvalue weighted by Gasteiger charge is -2.16. The summed E-state index contributed by atoms with van der Waals surface area (Å²) < 4.78 is 0. The number of hydrogen-bond acceptors (Lipinski definition) is 5. The number of anilines is 1. The molecule has 7 nitrogen and oxygen atoms in total. The fourth-order valence-electron chi connectivity index (χ4n) is 2.41. The Morgan fingerprint density at radius 2 is 1.88 bits per heavy atom. The van der Waals surface area contributed by atoms with Crippen molar-refractivity contribution in [2.45, 2.75) is 13.0 Å². The van der Waals surface area contributed by atoms with Gasteiger partial charge in [0.2, 0.25) is 0 Å². The summed E-state index contributed by atoms with van der Waals surface area (Å²) in [4.78, 5) is 24.4. The first kappa shape index (κ1) is 18.4. The molecule has 2 aromatic carbocycles. The summed E-state index contributed by atoms with van der Waals surface area (Å²) in [6, 6.07) is 11.6. The first-order chi connectivity index (χ1) is 11.8. The lowest BCUT2D eigenvalue weighted by atomic mass is 10.1. The van der Waals surface area contributed by atoms with Crippen molar-refractivity contribution in [3.05, 3.63) is 69.3 Å². The molecule has 0 spiro atoms. The van der Waals surface area contributed by atoms with Crippen molar-refractivity contribution in [3.63, 3.8) is 0 Å². The molecule has 2 N–H and O–H groups in total. The molecular formula is C18H21N3O4. The van der Waals surface area contributed by atoms with Gasteiger partial charge in [-0.05, 0) is 36.8 Å². The number of nitro groups is 1. The zero-order valence-electron chi connectivity index (χ0n) is 14.4. The molecule has 25 heavy (non-hydrogen) atoms. The van der Waals surface area contributed by atoms with Crippen LogP contribution in [-0.4, -0.2) is 36.6 Å². The molecule has 0 aliphatic heterocycles. The van der Waals surface area contributed by atoms with Crippen LogP contribution < -0.4 is 10.2 Å². The molecule has 1 atom stereocenters. The Labute approximate surface area is 146 Å². The van der Waals surface area contributed by atoms with E-state index in [1.54, 1.807) is 6.92 Å². The molecular weight excluding hydrogens is 322 g/mol. The molecule has 0 fully saturated rings. The number of carbonyl (C=O) groups excluding carboxylic acids is 1. The fourth-order valence-corrected chi connectivity index (χ4v) is 2.41. The lowest BCUT2D eigenvalue weighted by Crippen LogP contribution is -2.28. The Morgan fingerprint density at radius 3 is 2.40 bits per heavy atom. The summed E-state index contributed by atoms with van der Waals surface area (Å²) in [5.74, 6) is -0.387. The molecule has 1 amide bonds. The second-order valence-electron chi connectivity index (χ2n) is 5.97. The normalized spacial score (nSPS) is 11.7. The van der Waals surface area contributed by atoms with Gasteiger partial charge < -0.3 is 15.3 Å². The van der Waals surface area contributed by atoms with Crippen LogP contribution in [0.15, 0.2) is 42.5 Å². The zero-order chi connectivity index (χ0) is 18.6. The van der Waals surface area contributed by atoms with E-state index in [1.807, 2.05) is 43.3 Å². The molecule has 132 valence electrons. The highest BCUT2D eigenvalue weighted by Crippen LogP contribution is 2.20. The maximum Gasteiger partial charge on any atom is 0.272 e. The van der Waals surface area contributed by atoms with Gasteiger partial charge in [-0.15, -0.1) is 0 Å². The van der Waals surface area contributed by atoms with Gasteiger partial charge in [-0.2, -0.15) is 0 Å². The van der Waals surface area contributed by atoms with Gasteiger partial charge in [0.05, 0.1) is 11.0 Å². The van der Waals surface area contributed by atoms with Crippen LogP contribution in [0.25, 0.3) is 0 Å². The highest BCUT2D eigenvalue weighted by atomic mass is 16.6. The largest absolute Gasteiger partial charge is 0.387 e. The standard InChI is InChI=1S/C18H21N3O4/c1-12-10-14(6-9-16(12)21(24)25)18(23)19-11-17(22)13-4-7-15(8-5-13)20(2)3/h4-10,17,22H,11H2,1-3H3,(H,19,23). The van der Waals surface area contributed by atoms with Crippen molar-refractivity contribution in [1.82, 2.24) is 5.32 Å². The van der Waals surface area contributed by atoms with Gasteiger partial charge in [0.15, 0.2) is 0 Å². The molecule has 0 aliphatic rings. The zero-order valence-corrected chi connectivity index (χ0v) is 14.4. The number of amides is 1. The first-order valence-corrected chi connectivity index (χ1v) is 7.78. The van der Waals surface area contributed by atoms with Gasteiger partial charge in [-0.1, -0.05) is 12.1 Å². The molecule has 0 aromatic heterocycles. The smallest absolute Gasteiger partial charge is 0.272 e. The number of benzene rings is 2. The third-order valence-electron chi connectivity index (χ3n) is 3.91. The highest BCUT2D eigenvalue weighted by Gasteiger charge is 2.15. The third kappa shape index (κ3) is 4.54. The van der Waals surface area contributed by atoms with E-state index < -0.39 is 11.0 Å². The van der Waals surface area contributed by atoms with Crippen LogP contribution in [0.5, 0.6) is 0 Å². The highest BCUT2D eigenvalue weighted by molar-refractivity contribution is 5.94. The summed E-state index contributed by atoms with van der Waals surface area (Å²) in [5, 5.41) is 23.7. The second kappa shape index (κ2) is 7.76. The number of nitrogens with zero attached hydrogens (tertiary/aromatic N) is 2. The number of hydrogen-bond donors (Lipinski definition) is 2. The summed E-state index contributed by atoms with van der Waals surface area (Å²) >= 11 is 0. The van der Waals surface area contributed by atoms with Crippen LogP contribution in [0, 0.1) is 17.0 Å². The monoisotopic (exact) mass is 343 g/mol. The van der Waals surface area contributed by atoms with Gasteiger partial charge in [-0.25, -0.2) is 0 Å². The van der Waals surface area contributed by atoms with E-state index in [-0.39, 0.29) is 18.1 Å². The molecule has 0 heterocycles. The number of aliphatic hydroxyl groups excluding tert-OH is 1. The maximum absolute atomic E-state index is 12.2. The van der Waals surface area contributed by atoms with Gasteiger partial charge in [0.25, 0.3) is 11.6 Å². The Bertz CT molecular complexity index is 772. The number of nitro benzene ring substituents is 1. The molecule has 7 heteroatoms. The number of nitrogens with one attached hydrogen (secondary N) is 1. The van der Waals surface area contributed by atoms with E-state index in [1.165, 1.54) is 18.2 Å². The minimum Gasteiger partial charge on any atom is -0.387 e. The summed E-state index contributed by atoms with van der Waals surface area (Å²) in [6.07, 6.45) is -0.834. The summed E-state index contributed by atoms with van der Waals surface area (Å²) in [6.45, 7) is 1.63. The van der Waals surface area contributed by atoms with Gasteiger partial charge in [0, 0.05) is 43.5 Å². The minimum atomic E-state index is -0.834. The second-order valence-corrected chi connectivity index (χ2v) is 5.97. The number of carbonyl (C=O) groups is 1. The summed E-state index contributed by atoms with van der Waals surface area (Å²) in [5.41, 5.74) is 2.42. The predicted molar refractivity (Wildman–Crippen MR) is 95.9 cm³/mol. The van der Waals surface area contributed by atoms with Crippen molar-refractivity contribution in [2.75, 3.05) is 25.5 Å². The van der Waals surface area contributed by atoms with Crippen LogP contribution >= 0.6 is 0 Å². The van der Waals surface area contributed by atoms with Gasteiger partial charge in [-0.3, -0.25) is 14.9 Å². The quantitative estimate of drug-likeness (QED) is 0.620. The average Bonchev–Trinajstić information content (AvgIpc) is 2.58. The third-order valence-corrected chi connectivity index (χ3v) is 3.91. The molecule has 0 aliphatic carbocycles. The van der Waals surface area contributed by atoms with E-state index in [0.29, 0.717) is 16.7 Å². The van der Waals surface area contributed by atoms with Crippen molar-refractivity contribution < 1.29 is 14.8 Å². The Kier molecular flexibility index (Phi) is 5.71. The van der Waals surface area contributed by atoms with E-state index in [9.17, 15) is 20.0 Å². The fraction of sp³-hybridized carbons (Fsp3) is 0.278. The van der Waals surface area contributed by atoms with Crippen LogP contribution in [0.1, 0.15) is 27.6 Å². The number of aliphatic hydroxyl groups is 1. The predicted octanol–water partition coefficient (Wildman–Crippen LogP) is 2.43. The molecule has 0 saturated heterocycles. The lowest BCUT2D eigenvalue weighted by molar-refractivity contribution is -0.385. The Hall–Kier alpha value is -2.93. The summed E-state index contributed by atoms with van der Waals surface area (Å²) in [7, 11) is 3.86. The Balaban J connectivity index is 1.99. The maximum atomic E-state index is 12.2. The van der Waals surface area contributed by atoms with Crippen molar-refractivity contribution >= 4 is 17.3 Å². The number of rotatable bonds is 6. The van der Waals surface area contributed by atoms with Crippen LogP contribution in [0.4, 0.5) is 11.4 Å². The number of aryl methyl sites for hydroxylation is 1. The molecule has 0 bridgehead atoms. The van der Waals surface area contributed by atoms with E-state index in [2.05, 4.69) is 5.32 Å². The molecule has 0 radical (unpaired) electrons. The van der Waals surface area contributed by atoms with Crippen LogP contribution in [0.2, 0.25) is 0 Å². The molecule has 2 rings (SSSR count). The molecule has 0 saturated carbocycles. The first-order valence-electron chi connectivity index (χ1n) is 7.78. The molecule has 2 aromatic rings. The van der Waals surface area contributed by atoms with E-state index in [4.69, 9.17) is 0 Å². The topological polar surface area (TPSA) is 95.7 Å². The van der Waals surface area contributed by atoms with Crippen LogP contribution in [-0.2, 0) is 0 Å². The molecule has 1 unspecified atom stereocenters. The minimum absolute atomic E-state index is 0.0300. The van der Waals surface area contributed by atoms with E-state index in [0.717, 1.165) is 5.69 Å². The van der Waals surface area contributed by atoms with Gasteiger partial charge >= 0.3 is 0 Å². The van der Waals surface area contributed by atoms with Crippen molar-refractivity contribution in [2.24, 2.45) is 0 Å². The van der Waals surface area contributed by atoms with Crippen molar-refractivity contribution in [1.29, 1.82) is 0 Å². The SMILES string of the molecule is Cc1cc(C(=O)NCC(O)c2ccc(N(C)C)cc2)ccc1[N+](=O)[O-].